The number of nitrogens with two attached hydrogens (primary N) is 1. The van der Waals surface area contributed by atoms with Crippen LogP contribution in [0.3, 0.4) is 0 Å². The predicted molar refractivity (Wildman–Crippen MR) is 50.1 cm³/mol. The first-order chi connectivity index (χ1) is 6.22. The van der Waals surface area contributed by atoms with Crippen molar-refractivity contribution in [3.63, 3.8) is 0 Å². The molecule has 5 nitrogen and oxygen atoms in total. The average molecular weight is 197 g/mol. The maximum Gasteiger partial charge on any atom is 0.223 e. The predicted octanol–water partition coefficient (Wildman–Crippen LogP) is 1.09. The zero-order chi connectivity index (χ0) is 9.42. The minimum atomic E-state index is 0.154. The molecule has 0 saturated carbocycles. The van der Waals surface area contributed by atoms with E-state index in [0.717, 1.165) is 0 Å². The zero-order valence-corrected chi connectivity index (χ0v) is 7.65. The van der Waals surface area contributed by atoms with Crippen molar-refractivity contribution >= 4 is 28.7 Å². The Morgan fingerprint density at radius 1 is 1.54 bits per heavy atom. The van der Waals surface area contributed by atoms with E-state index >= 15 is 0 Å². The summed E-state index contributed by atoms with van der Waals surface area (Å²) in [6, 6.07) is 0. The van der Waals surface area contributed by atoms with E-state index in [-0.39, 0.29) is 11.1 Å². The van der Waals surface area contributed by atoms with Crippen LogP contribution < -0.4 is 5.73 Å². The molecule has 0 amide bonds. The number of fused-ring (bicyclic) bond motifs is 1. The van der Waals surface area contributed by atoms with Gasteiger partial charge in [-0.05, 0) is 6.92 Å². The van der Waals surface area contributed by atoms with Crippen LogP contribution in [0.5, 0.6) is 0 Å². The molecular weight excluding hydrogens is 190 g/mol. The van der Waals surface area contributed by atoms with E-state index in [1.165, 1.54) is 0 Å². The van der Waals surface area contributed by atoms with Crippen LogP contribution >= 0.6 is 11.6 Å². The summed E-state index contributed by atoms with van der Waals surface area (Å²) in [6.45, 7) is 3.69. The summed E-state index contributed by atoms with van der Waals surface area (Å²) in [7, 11) is 0. The molecule has 0 aliphatic rings. The number of anilines is 1. The summed E-state index contributed by atoms with van der Waals surface area (Å²) in [5, 5.41) is 0.281. The molecule has 0 bridgehead atoms. The quantitative estimate of drug-likeness (QED) is 0.694. The normalized spacial score (nSPS) is 10.9. The van der Waals surface area contributed by atoms with Gasteiger partial charge in [0.05, 0.1) is 12.9 Å². The molecule has 0 aliphatic carbocycles. The number of imidazole rings is 1. The largest absolute Gasteiger partial charge is 0.368 e. The second-order valence-electron chi connectivity index (χ2n) is 2.45. The van der Waals surface area contributed by atoms with Crippen molar-refractivity contribution in [2.24, 2.45) is 0 Å². The Morgan fingerprint density at radius 3 is 3.00 bits per heavy atom. The van der Waals surface area contributed by atoms with Crippen LogP contribution in [0.1, 0.15) is 6.92 Å². The van der Waals surface area contributed by atoms with Gasteiger partial charge in [0.25, 0.3) is 0 Å². The van der Waals surface area contributed by atoms with Crippen LogP contribution in [0.15, 0.2) is 6.33 Å². The highest BCUT2D eigenvalue weighted by Gasteiger charge is 2.08. The van der Waals surface area contributed by atoms with Gasteiger partial charge in [0, 0.05) is 0 Å². The van der Waals surface area contributed by atoms with Crippen molar-refractivity contribution in [1.82, 2.24) is 19.5 Å². The lowest BCUT2D eigenvalue weighted by molar-refractivity contribution is 0.969. The fourth-order valence-electron chi connectivity index (χ4n) is 1.09. The molecule has 0 aromatic carbocycles. The molecule has 0 fully saturated rings. The van der Waals surface area contributed by atoms with E-state index in [9.17, 15) is 0 Å². The van der Waals surface area contributed by atoms with Crippen LogP contribution in [0, 0.1) is 6.54 Å². The van der Waals surface area contributed by atoms with Gasteiger partial charge in [0.2, 0.25) is 5.95 Å². The fraction of sp³-hybridized carbons (Fsp3) is 0.143. The van der Waals surface area contributed by atoms with Crippen LogP contribution in [0.25, 0.3) is 11.2 Å². The van der Waals surface area contributed by atoms with Crippen LogP contribution in [-0.4, -0.2) is 19.5 Å². The summed E-state index contributed by atoms with van der Waals surface area (Å²) in [4.78, 5) is 11.9. The van der Waals surface area contributed by atoms with Crippen molar-refractivity contribution < 1.29 is 0 Å². The lowest BCUT2D eigenvalue weighted by atomic mass is 10.5. The molecule has 2 heterocycles. The van der Waals surface area contributed by atoms with Crippen molar-refractivity contribution in [2.45, 2.75) is 6.92 Å². The van der Waals surface area contributed by atoms with E-state index in [4.69, 9.17) is 17.3 Å². The number of hydrogen-bond acceptors (Lipinski definition) is 4. The van der Waals surface area contributed by atoms with Gasteiger partial charge in [-0.15, -0.1) is 0 Å². The van der Waals surface area contributed by atoms with E-state index in [1.807, 2.05) is 13.5 Å². The van der Waals surface area contributed by atoms with Gasteiger partial charge in [0.1, 0.15) is 5.52 Å². The van der Waals surface area contributed by atoms with Gasteiger partial charge in [-0.1, -0.05) is 11.6 Å². The van der Waals surface area contributed by atoms with Gasteiger partial charge in [-0.3, -0.25) is 0 Å². The smallest absolute Gasteiger partial charge is 0.223 e. The Balaban J connectivity index is 2.82. The second-order valence-corrected chi connectivity index (χ2v) is 2.81. The van der Waals surface area contributed by atoms with Gasteiger partial charge in [-0.2, -0.15) is 9.97 Å². The standard InChI is InChI=1S/C7H7ClN5/c1-2-13-3-10-4-5(8)11-7(9)12-6(4)13/h2-3H,1H3,(H2,9,11,12). The highest BCUT2D eigenvalue weighted by atomic mass is 35.5. The molecule has 1 radical (unpaired) electrons. The van der Waals surface area contributed by atoms with E-state index < -0.39 is 0 Å². The van der Waals surface area contributed by atoms with Crippen molar-refractivity contribution in [2.75, 3.05) is 5.73 Å². The Bertz CT molecular complexity index is 449. The molecule has 0 aliphatic heterocycles. The first-order valence-electron chi connectivity index (χ1n) is 3.67. The van der Waals surface area contributed by atoms with Crippen molar-refractivity contribution in [1.29, 1.82) is 0 Å². The highest BCUT2D eigenvalue weighted by molar-refractivity contribution is 6.33. The molecule has 13 heavy (non-hydrogen) atoms. The van der Waals surface area contributed by atoms with Crippen LogP contribution in [0.4, 0.5) is 5.95 Å². The first-order valence-corrected chi connectivity index (χ1v) is 4.05. The molecule has 2 rings (SSSR count). The topological polar surface area (TPSA) is 69.6 Å². The molecular formula is C7H7ClN5. The van der Waals surface area contributed by atoms with Crippen molar-refractivity contribution in [3.05, 3.63) is 18.0 Å². The van der Waals surface area contributed by atoms with Crippen LogP contribution in [0.2, 0.25) is 5.15 Å². The Labute approximate surface area is 79.6 Å². The number of aromatic nitrogens is 4. The Kier molecular flexibility index (Phi) is 1.81. The first kappa shape index (κ1) is 8.25. The Hall–Kier alpha value is -1.36. The number of nitrogens with zero attached hydrogens (tertiary/aromatic N) is 4. The fourth-order valence-corrected chi connectivity index (χ4v) is 1.31. The minimum absolute atomic E-state index is 0.154. The summed E-state index contributed by atoms with van der Waals surface area (Å²) in [5.41, 5.74) is 6.63. The van der Waals surface area contributed by atoms with Crippen molar-refractivity contribution in [3.8, 4) is 0 Å². The molecule has 0 atom stereocenters. The summed E-state index contributed by atoms with van der Waals surface area (Å²) < 4.78 is 1.74. The number of nitrogen functional groups attached to an aromatic ring is 1. The van der Waals surface area contributed by atoms with Gasteiger partial charge in [0.15, 0.2) is 10.8 Å². The highest BCUT2D eigenvalue weighted by Crippen LogP contribution is 2.19. The SMILES string of the molecule is C[CH]n1cnc2c(Cl)nc(N)nc21. The molecule has 2 aromatic rings. The summed E-state index contributed by atoms with van der Waals surface area (Å²) in [6.07, 6.45) is 1.62. The van der Waals surface area contributed by atoms with Gasteiger partial charge < -0.3 is 10.3 Å². The van der Waals surface area contributed by atoms with Gasteiger partial charge >= 0.3 is 0 Å². The number of rotatable bonds is 1. The zero-order valence-electron chi connectivity index (χ0n) is 6.90. The number of halogens is 1. The van der Waals surface area contributed by atoms with E-state index in [1.54, 1.807) is 10.9 Å². The molecule has 6 heteroatoms. The number of hydrogen-bond donors (Lipinski definition) is 1. The lowest BCUT2D eigenvalue weighted by Crippen LogP contribution is -1.98. The van der Waals surface area contributed by atoms with E-state index in [0.29, 0.717) is 11.2 Å². The summed E-state index contributed by atoms with van der Waals surface area (Å²) >= 11 is 5.81. The third kappa shape index (κ3) is 1.21. The van der Waals surface area contributed by atoms with Gasteiger partial charge in [-0.25, -0.2) is 4.98 Å². The molecule has 0 spiro atoms. The maximum atomic E-state index is 5.81. The maximum absolute atomic E-state index is 5.81. The molecule has 0 saturated heterocycles. The monoisotopic (exact) mass is 196 g/mol. The average Bonchev–Trinajstić information content (AvgIpc) is 2.47. The van der Waals surface area contributed by atoms with E-state index in [2.05, 4.69) is 15.0 Å². The molecule has 0 unspecified atom stereocenters. The minimum Gasteiger partial charge on any atom is -0.368 e. The van der Waals surface area contributed by atoms with Crippen LogP contribution in [-0.2, 0) is 0 Å². The Morgan fingerprint density at radius 2 is 2.31 bits per heavy atom. The second kappa shape index (κ2) is 2.85. The molecule has 67 valence electrons. The lowest BCUT2D eigenvalue weighted by Gasteiger charge is -1.98. The third-order valence-electron chi connectivity index (χ3n) is 1.67. The third-order valence-corrected chi connectivity index (χ3v) is 1.94. The molecule has 2 aromatic heterocycles. The summed E-state index contributed by atoms with van der Waals surface area (Å²) in [5.74, 6) is 0.154. The molecule has 2 N–H and O–H groups in total.